The molecule has 0 saturated carbocycles. The molecule has 2 aromatic carbocycles. The second kappa shape index (κ2) is 12.1. The van der Waals surface area contributed by atoms with Crippen molar-refractivity contribution in [2.45, 2.75) is 45.6 Å². The zero-order valence-corrected chi connectivity index (χ0v) is 19.7. The number of hydrogen-bond donors (Lipinski definition) is 2. The summed E-state index contributed by atoms with van der Waals surface area (Å²) in [5.41, 5.74) is 2.82. The van der Waals surface area contributed by atoms with Crippen LogP contribution in [0, 0.1) is 13.0 Å². The van der Waals surface area contributed by atoms with Crippen LogP contribution in [0.2, 0.25) is 0 Å². The fourth-order valence-corrected chi connectivity index (χ4v) is 2.70. The van der Waals surface area contributed by atoms with Crippen molar-refractivity contribution < 1.29 is 43.5 Å². The van der Waals surface area contributed by atoms with Gasteiger partial charge in [0.25, 0.3) is 0 Å². The van der Waals surface area contributed by atoms with Gasteiger partial charge >= 0.3 is 6.18 Å². The van der Waals surface area contributed by atoms with Crippen LogP contribution in [0.3, 0.4) is 0 Å². The van der Waals surface area contributed by atoms with E-state index in [4.69, 9.17) is 10.2 Å². The van der Waals surface area contributed by atoms with Crippen LogP contribution in [0.25, 0.3) is 22.5 Å². The maximum Gasteiger partial charge on any atom is 0.381 e. The molecule has 2 N–H and O–H groups in total. The van der Waals surface area contributed by atoms with Gasteiger partial charge in [0, 0.05) is 38.2 Å². The molecule has 31 heavy (non-hydrogen) atoms. The summed E-state index contributed by atoms with van der Waals surface area (Å²) < 4.78 is 38.0. The van der Waals surface area contributed by atoms with Gasteiger partial charge in [-0.1, -0.05) is 29.8 Å². The van der Waals surface area contributed by atoms with Gasteiger partial charge in [-0.05, 0) is 38.3 Å². The second-order valence-electron chi connectivity index (χ2n) is 7.04. The van der Waals surface area contributed by atoms with E-state index in [-0.39, 0.29) is 32.3 Å². The van der Waals surface area contributed by atoms with Gasteiger partial charge in [-0.15, -0.1) is 29.8 Å². The first-order valence-corrected chi connectivity index (χ1v) is 9.41. The predicted octanol–water partition coefficient (Wildman–Crippen LogP) is 5.07. The summed E-state index contributed by atoms with van der Waals surface area (Å²) in [6.45, 7) is 5.30. The van der Waals surface area contributed by atoms with E-state index in [1.165, 1.54) is 12.3 Å². The third-order valence-corrected chi connectivity index (χ3v) is 4.10. The Morgan fingerprint density at radius 1 is 0.903 bits per heavy atom. The molecule has 0 saturated heterocycles. The van der Waals surface area contributed by atoms with E-state index in [1.807, 2.05) is 31.2 Å². The first-order chi connectivity index (χ1) is 14.1. The summed E-state index contributed by atoms with van der Waals surface area (Å²) in [5.74, 6) is 0. The van der Waals surface area contributed by atoms with E-state index in [0.717, 1.165) is 23.3 Å². The molecule has 2 unspecified atom stereocenters. The number of alkyl halides is 3. The molecule has 0 amide bonds. The standard InChI is InChI=1S/C18H12F3N2.C5H12O2.Ir/c1-12-2-4-13(5-3-12)16-17(23-11-10-22-16)14-6-8-15(9-7-14)18(19,20)21;1-4(6)3-5(2)7;/h2-6,8-11H,1H3;4-7H,3H2,1-2H3;/q-1;;. The maximum atomic E-state index is 12.7. The van der Waals surface area contributed by atoms with Gasteiger partial charge in [0.1, 0.15) is 0 Å². The molecule has 2 atom stereocenters. The minimum absolute atomic E-state index is 0. The molecule has 0 bridgehead atoms. The van der Waals surface area contributed by atoms with Gasteiger partial charge in [-0.2, -0.15) is 13.2 Å². The third-order valence-electron chi connectivity index (χ3n) is 4.10. The van der Waals surface area contributed by atoms with Gasteiger partial charge in [-0.25, -0.2) is 0 Å². The fraction of sp³-hybridized carbons (Fsp3) is 0.304. The Hall–Kier alpha value is -2.12. The number of halogens is 3. The van der Waals surface area contributed by atoms with Crippen molar-refractivity contribution in [2.75, 3.05) is 0 Å². The summed E-state index contributed by atoms with van der Waals surface area (Å²) in [7, 11) is 0. The zero-order chi connectivity index (χ0) is 22.3. The first kappa shape index (κ1) is 26.9. The first-order valence-electron chi connectivity index (χ1n) is 9.41. The van der Waals surface area contributed by atoms with Crippen LogP contribution >= 0.6 is 0 Å². The van der Waals surface area contributed by atoms with E-state index in [0.29, 0.717) is 23.4 Å². The maximum absolute atomic E-state index is 12.7. The summed E-state index contributed by atoms with van der Waals surface area (Å²) in [6, 6.07) is 13.7. The molecule has 1 radical (unpaired) electrons. The van der Waals surface area contributed by atoms with Crippen molar-refractivity contribution in [3.8, 4) is 22.5 Å². The number of benzene rings is 2. The zero-order valence-electron chi connectivity index (χ0n) is 17.3. The monoisotopic (exact) mass is 610 g/mol. The number of aliphatic hydroxyl groups is 2. The minimum atomic E-state index is -4.38. The van der Waals surface area contributed by atoms with Gasteiger partial charge < -0.3 is 15.2 Å². The van der Waals surface area contributed by atoms with Gasteiger partial charge in [0.15, 0.2) is 0 Å². The average Bonchev–Trinajstić information content (AvgIpc) is 2.67. The summed E-state index contributed by atoms with van der Waals surface area (Å²) in [5, 5.41) is 17.1. The minimum Gasteiger partial charge on any atom is -0.393 e. The Morgan fingerprint density at radius 2 is 1.45 bits per heavy atom. The molecule has 1 heterocycles. The third kappa shape index (κ3) is 8.50. The normalized spacial score (nSPS) is 12.8. The molecule has 0 spiro atoms. The van der Waals surface area contributed by atoms with Crippen molar-refractivity contribution in [3.05, 3.63) is 72.1 Å². The molecule has 0 aliphatic carbocycles. The molecular formula is C23H24F3IrN2O2-. The molecule has 1 aromatic heterocycles. The second-order valence-corrected chi connectivity index (χ2v) is 7.04. The fourth-order valence-electron chi connectivity index (χ4n) is 2.70. The van der Waals surface area contributed by atoms with Crippen molar-refractivity contribution in [3.63, 3.8) is 0 Å². The van der Waals surface area contributed by atoms with Crippen LogP contribution in [0.5, 0.6) is 0 Å². The Kier molecular flexibility index (Phi) is 10.5. The SMILES string of the molecule is CC(O)CC(C)O.Cc1ccc(-c2nccnc2-c2[c-]cc(C(F)(F)F)cc2)cc1.[Ir]. The van der Waals surface area contributed by atoms with Crippen molar-refractivity contribution >= 4 is 0 Å². The molecule has 3 aromatic rings. The Balaban J connectivity index is 0.000000523. The molecule has 169 valence electrons. The van der Waals surface area contributed by atoms with E-state index < -0.39 is 11.7 Å². The molecule has 4 nitrogen and oxygen atoms in total. The summed E-state index contributed by atoms with van der Waals surface area (Å²) in [4.78, 5) is 8.59. The van der Waals surface area contributed by atoms with E-state index >= 15 is 0 Å². The topological polar surface area (TPSA) is 66.2 Å². The number of rotatable bonds is 4. The molecule has 8 heteroatoms. The Bertz CT molecular complexity index is 923. The summed E-state index contributed by atoms with van der Waals surface area (Å²) in [6.07, 6.45) is -1.58. The number of aromatic nitrogens is 2. The van der Waals surface area contributed by atoms with Crippen molar-refractivity contribution in [2.24, 2.45) is 0 Å². The average molecular weight is 610 g/mol. The summed E-state index contributed by atoms with van der Waals surface area (Å²) >= 11 is 0. The number of nitrogens with zero attached hydrogens (tertiary/aromatic N) is 2. The van der Waals surface area contributed by atoms with Crippen LogP contribution in [-0.4, -0.2) is 32.4 Å². The van der Waals surface area contributed by atoms with E-state index in [2.05, 4.69) is 16.0 Å². The molecule has 0 fully saturated rings. The van der Waals surface area contributed by atoms with Crippen LogP contribution in [0.15, 0.2) is 54.9 Å². The van der Waals surface area contributed by atoms with Gasteiger partial charge in [0.2, 0.25) is 0 Å². The van der Waals surface area contributed by atoms with Gasteiger partial charge in [0.05, 0.1) is 17.9 Å². The molecular weight excluding hydrogens is 585 g/mol. The van der Waals surface area contributed by atoms with E-state index in [9.17, 15) is 13.2 Å². The predicted molar refractivity (Wildman–Crippen MR) is 109 cm³/mol. The van der Waals surface area contributed by atoms with E-state index in [1.54, 1.807) is 20.0 Å². The number of hydrogen-bond acceptors (Lipinski definition) is 4. The molecule has 0 aliphatic heterocycles. The van der Waals surface area contributed by atoms with Crippen molar-refractivity contribution in [1.82, 2.24) is 9.97 Å². The molecule has 3 rings (SSSR count). The van der Waals surface area contributed by atoms with Crippen LogP contribution in [0.4, 0.5) is 13.2 Å². The van der Waals surface area contributed by atoms with Crippen LogP contribution < -0.4 is 0 Å². The van der Waals surface area contributed by atoms with Crippen molar-refractivity contribution in [1.29, 1.82) is 0 Å². The van der Waals surface area contributed by atoms with Gasteiger partial charge in [-0.3, -0.25) is 4.98 Å². The van der Waals surface area contributed by atoms with Crippen LogP contribution in [0.1, 0.15) is 31.4 Å². The van der Waals surface area contributed by atoms with Crippen LogP contribution in [-0.2, 0) is 26.3 Å². The number of aliphatic hydroxyl groups excluding tert-OH is 2. The number of aryl methyl sites for hydroxylation is 1. The molecule has 0 aliphatic rings. The Labute approximate surface area is 193 Å². The smallest absolute Gasteiger partial charge is 0.381 e. The largest absolute Gasteiger partial charge is 0.393 e. The quantitative estimate of drug-likeness (QED) is 0.406. The Morgan fingerprint density at radius 3 is 1.87 bits per heavy atom.